The summed E-state index contributed by atoms with van der Waals surface area (Å²) < 4.78 is 10.7. The minimum Gasteiger partial charge on any atom is -0.479 e. The Hall–Kier alpha value is -2.00. The van der Waals surface area contributed by atoms with Gasteiger partial charge in [-0.2, -0.15) is 0 Å². The first-order valence-corrected chi connectivity index (χ1v) is 7.16. The lowest BCUT2D eigenvalue weighted by Crippen LogP contribution is -2.26. The summed E-state index contributed by atoms with van der Waals surface area (Å²) in [6.07, 6.45) is 0.0236. The van der Waals surface area contributed by atoms with Gasteiger partial charge in [0.1, 0.15) is 5.75 Å². The van der Waals surface area contributed by atoms with Crippen LogP contribution in [-0.4, -0.2) is 18.7 Å². The van der Waals surface area contributed by atoms with Crippen LogP contribution in [0, 0.1) is 0 Å². The van der Waals surface area contributed by atoms with Crippen molar-refractivity contribution in [3.8, 4) is 5.75 Å². The molecule has 0 aromatic heterocycles. The average Bonchev–Trinajstić information content (AvgIpc) is 2.48. The van der Waals surface area contributed by atoms with Gasteiger partial charge in [0.15, 0.2) is 6.10 Å². The molecule has 0 aliphatic rings. The molecule has 2 aromatic carbocycles. The molecule has 21 heavy (non-hydrogen) atoms. The van der Waals surface area contributed by atoms with E-state index in [1.807, 2.05) is 30.3 Å². The minimum atomic E-state index is -0.667. The van der Waals surface area contributed by atoms with Crippen LogP contribution in [0.1, 0.15) is 12.5 Å². The first-order chi connectivity index (χ1) is 10.1. The van der Waals surface area contributed by atoms with Crippen molar-refractivity contribution in [3.05, 3.63) is 65.2 Å². The van der Waals surface area contributed by atoms with E-state index in [0.29, 0.717) is 23.8 Å². The predicted molar refractivity (Wildman–Crippen MR) is 82.6 cm³/mol. The minimum absolute atomic E-state index is 0.339. The summed E-state index contributed by atoms with van der Waals surface area (Å²) in [5, 5.41) is 0.567. The van der Waals surface area contributed by atoms with E-state index in [1.165, 1.54) is 0 Å². The standard InChI is InChI=1S/C17H17ClO3/c1-13(21-16-9-5-8-15(18)12-16)17(19)20-11-10-14-6-3-2-4-7-14/h2-9,12-13H,10-11H2,1H3. The van der Waals surface area contributed by atoms with Gasteiger partial charge in [-0.05, 0) is 30.7 Å². The lowest BCUT2D eigenvalue weighted by Gasteiger charge is -2.14. The van der Waals surface area contributed by atoms with Crippen LogP contribution in [0.25, 0.3) is 0 Å². The first kappa shape index (κ1) is 15.4. The van der Waals surface area contributed by atoms with Gasteiger partial charge in [0.2, 0.25) is 0 Å². The van der Waals surface area contributed by atoms with Crippen molar-refractivity contribution in [1.82, 2.24) is 0 Å². The second-order valence-corrected chi connectivity index (χ2v) is 5.06. The summed E-state index contributed by atoms with van der Waals surface area (Å²) in [5.74, 6) is 0.168. The van der Waals surface area contributed by atoms with Crippen LogP contribution in [-0.2, 0) is 16.0 Å². The van der Waals surface area contributed by atoms with Crippen molar-refractivity contribution >= 4 is 17.6 Å². The number of carbonyl (C=O) groups excluding carboxylic acids is 1. The second-order valence-electron chi connectivity index (χ2n) is 4.62. The Morgan fingerprint density at radius 3 is 2.62 bits per heavy atom. The van der Waals surface area contributed by atoms with Crippen LogP contribution < -0.4 is 4.74 Å². The smallest absolute Gasteiger partial charge is 0.347 e. The monoisotopic (exact) mass is 304 g/mol. The third-order valence-corrected chi connectivity index (χ3v) is 3.15. The molecule has 0 spiro atoms. The lowest BCUT2D eigenvalue weighted by atomic mass is 10.2. The van der Waals surface area contributed by atoms with Crippen LogP contribution in [0.15, 0.2) is 54.6 Å². The van der Waals surface area contributed by atoms with Gasteiger partial charge in [0, 0.05) is 11.4 Å². The first-order valence-electron chi connectivity index (χ1n) is 6.78. The second kappa shape index (κ2) is 7.70. The van der Waals surface area contributed by atoms with Crippen LogP contribution in [0.4, 0.5) is 0 Å². The molecule has 0 saturated carbocycles. The summed E-state index contributed by atoms with van der Waals surface area (Å²) in [4.78, 5) is 11.8. The number of esters is 1. The van der Waals surface area contributed by atoms with Gasteiger partial charge in [0.25, 0.3) is 0 Å². The topological polar surface area (TPSA) is 35.5 Å². The zero-order chi connectivity index (χ0) is 15.1. The van der Waals surface area contributed by atoms with Gasteiger partial charge in [-0.3, -0.25) is 0 Å². The zero-order valence-electron chi connectivity index (χ0n) is 11.8. The molecule has 4 heteroatoms. The number of ether oxygens (including phenoxy) is 2. The van der Waals surface area contributed by atoms with E-state index in [9.17, 15) is 4.79 Å². The fourth-order valence-electron chi connectivity index (χ4n) is 1.82. The van der Waals surface area contributed by atoms with Gasteiger partial charge in [-0.25, -0.2) is 4.79 Å². The van der Waals surface area contributed by atoms with E-state index in [-0.39, 0.29) is 5.97 Å². The highest BCUT2D eigenvalue weighted by molar-refractivity contribution is 6.30. The van der Waals surface area contributed by atoms with Crippen LogP contribution in [0.5, 0.6) is 5.75 Å². The lowest BCUT2D eigenvalue weighted by molar-refractivity contribution is -0.151. The van der Waals surface area contributed by atoms with E-state index in [4.69, 9.17) is 21.1 Å². The number of carbonyl (C=O) groups is 1. The highest BCUT2D eigenvalue weighted by atomic mass is 35.5. The van der Waals surface area contributed by atoms with Gasteiger partial charge in [0.05, 0.1) is 6.61 Å². The summed E-state index contributed by atoms with van der Waals surface area (Å²) in [6.45, 7) is 2.00. The summed E-state index contributed by atoms with van der Waals surface area (Å²) in [5.41, 5.74) is 1.13. The van der Waals surface area contributed by atoms with E-state index >= 15 is 0 Å². The molecule has 0 aliphatic carbocycles. The Morgan fingerprint density at radius 1 is 1.14 bits per heavy atom. The van der Waals surface area contributed by atoms with E-state index < -0.39 is 6.10 Å². The summed E-state index contributed by atoms with van der Waals surface area (Å²) >= 11 is 5.86. The molecular formula is C17H17ClO3. The maximum absolute atomic E-state index is 11.8. The molecule has 0 bridgehead atoms. The molecule has 3 nitrogen and oxygen atoms in total. The third kappa shape index (κ3) is 5.12. The molecule has 0 radical (unpaired) electrons. The Labute approximate surface area is 129 Å². The highest BCUT2D eigenvalue weighted by Gasteiger charge is 2.16. The summed E-state index contributed by atoms with van der Waals surface area (Å²) in [7, 11) is 0. The molecule has 0 saturated heterocycles. The Morgan fingerprint density at radius 2 is 1.90 bits per heavy atom. The third-order valence-electron chi connectivity index (χ3n) is 2.92. The number of rotatable bonds is 6. The number of hydrogen-bond donors (Lipinski definition) is 0. The van der Waals surface area contributed by atoms with Crippen LogP contribution >= 0.6 is 11.6 Å². The van der Waals surface area contributed by atoms with E-state index in [1.54, 1.807) is 31.2 Å². The molecule has 1 atom stereocenters. The maximum Gasteiger partial charge on any atom is 0.347 e. The maximum atomic E-state index is 11.8. The molecule has 0 heterocycles. The molecular weight excluding hydrogens is 288 g/mol. The van der Waals surface area contributed by atoms with Crippen molar-refractivity contribution in [2.75, 3.05) is 6.61 Å². The van der Waals surface area contributed by atoms with Crippen molar-refractivity contribution < 1.29 is 14.3 Å². The van der Waals surface area contributed by atoms with E-state index in [2.05, 4.69) is 0 Å². The Kier molecular flexibility index (Phi) is 5.64. The molecule has 0 fully saturated rings. The van der Waals surface area contributed by atoms with Crippen molar-refractivity contribution in [2.24, 2.45) is 0 Å². The summed E-state index contributed by atoms with van der Waals surface area (Å²) in [6, 6.07) is 16.8. The molecule has 0 aliphatic heterocycles. The predicted octanol–water partition coefficient (Wildman–Crippen LogP) is 3.89. The number of benzene rings is 2. The van der Waals surface area contributed by atoms with E-state index in [0.717, 1.165) is 5.56 Å². The fourth-order valence-corrected chi connectivity index (χ4v) is 2.00. The molecule has 110 valence electrons. The number of halogens is 1. The van der Waals surface area contributed by atoms with Gasteiger partial charge in [-0.1, -0.05) is 48.0 Å². The Balaban J connectivity index is 1.77. The largest absolute Gasteiger partial charge is 0.479 e. The van der Waals surface area contributed by atoms with Gasteiger partial charge >= 0.3 is 5.97 Å². The highest BCUT2D eigenvalue weighted by Crippen LogP contribution is 2.18. The fraction of sp³-hybridized carbons (Fsp3) is 0.235. The van der Waals surface area contributed by atoms with Crippen LogP contribution in [0.3, 0.4) is 0 Å². The molecule has 0 amide bonds. The number of hydrogen-bond acceptors (Lipinski definition) is 3. The zero-order valence-corrected chi connectivity index (χ0v) is 12.5. The Bertz CT molecular complexity index is 584. The SMILES string of the molecule is CC(Oc1cccc(Cl)c1)C(=O)OCCc1ccccc1. The molecule has 0 N–H and O–H groups in total. The normalized spacial score (nSPS) is 11.7. The van der Waals surface area contributed by atoms with Crippen molar-refractivity contribution in [2.45, 2.75) is 19.4 Å². The van der Waals surface area contributed by atoms with Gasteiger partial charge in [-0.15, -0.1) is 0 Å². The molecule has 2 rings (SSSR count). The quantitative estimate of drug-likeness (QED) is 0.759. The van der Waals surface area contributed by atoms with Gasteiger partial charge < -0.3 is 9.47 Å². The molecule has 2 aromatic rings. The molecule has 1 unspecified atom stereocenters. The van der Waals surface area contributed by atoms with Crippen LogP contribution in [0.2, 0.25) is 5.02 Å². The van der Waals surface area contributed by atoms with Crippen molar-refractivity contribution in [1.29, 1.82) is 0 Å². The average molecular weight is 305 g/mol. The van der Waals surface area contributed by atoms with Crippen molar-refractivity contribution in [3.63, 3.8) is 0 Å².